The van der Waals surface area contributed by atoms with Gasteiger partial charge >= 0.3 is 0 Å². The number of benzene rings is 2. The van der Waals surface area contributed by atoms with Gasteiger partial charge in [0, 0.05) is 4.47 Å². The highest BCUT2D eigenvalue weighted by molar-refractivity contribution is 9.10. The molecule has 0 spiro atoms. The Hall–Kier alpha value is -1.19. The number of nitrogens with one attached hydrogen (secondary N) is 1. The first-order valence-electron chi connectivity index (χ1n) is 7.28. The zero-order chi connectivity index (χ0) is 15.4. The maximum atomic E-state index is 13.9. The van der Waals surface area contributed by atoms with E-state index in [1.165, 1.54) is 11.1 Å². The van der Waals surface area contributed by atoms with Gasteiger partial charge in [-0.3, -0.25) is 0 Å². The van der Waals surface area contributed by atoms with Crippen molar-refractivity contribution in [3.63, 3.8) is 0 Å². The van der Waals surface area contributed by atoms with Crippen LogP contribution in [0.15, 0.2) is 40.9 Å². The van der Waals surface area contributed by atoms with Crippen LogP contribution in [-0.2, 0) is 0 Å². The molecule has 1 atom stereocenters. The van der Waals surface area contributed by atoms with Gasteiger partial charge < -0.3 is 5.32 Å². The first-order valence-corrected chi connectivity index (χ1v) is 8.07. The van der Waals surface area contributed by atoms with Crippen LogP contribution in [0, 0.1) is 19.7 Å². The molecule has 0 aliphatic carbocycles. The molecule has 2 rings (SSSR count). The highest BCUT2D eigenvalue weighted by Gasteiger charge is 2.16. The summed E-state index contributed by atoms with van der Waals surface area (Å²) in [5, 5.41) is 3.53. The monoisotopic (exact) mass is 349 g/mol. The third-order valence-corrected chi connectivity index (χ3v) is 4.16. The molecule has 1 N–H and O–H groups in total. The summed E-state index contributed by atoms with van der Waals surface area (Å²) >= 11 is 3.50. The zero-order valence-electron chi connectivity index (χ0n) is 12.7. The lowest BCUT2D eigenvalue weighted by atomic mass is 9.94. The molecule has 21 heavy (non-hydrogen) atoms. The van der Waals surface area contributed by atoms with Crippen LogP contribution in [0.1, 0.15) is 41.6 Å². The molecule has 0 saturated heterocycles. The van der Waals surface area contributed by atoms with Gasteiger partial charge in [0.25, 0.3) is 0 Å². The predicted molar refractivity (Wildman–Crippen MR) is 90.2 cm³/mol. The number of hydrogen-bond acceptors (Lipinski definition) is 1. The first kappa shape index (κ1) is 16.2. The fourth-order valence-electron chi connectivity index (χ4n) is 2.45. The highest BCUT2D eigenvalue weighted by Crippen LogP contribution is 2.28. The molecule has 0 bridgehead atoms. The van der Waals surface area contributed by atoms with Gasteiger partial charge in [-0.15, -0.1) is 0 Å². The number of hydrogen-bond donors (Lipinski definition) is 1. The summed E-state index contributed by atoms with van der Waals surface area (Å²) in [4.78, 5) is 0. The van der Waals surface area contributed by atoms with Gasteiger partial charge in [0.05, 0.1) is 6.04 Å². The Morgan fingerprint density at radius 1 is 1.10 bits per heavy atom. The van der Waals surface area contributed by atoms with Gasteiger partial charge in [-0.2, -0.15) is 0 Å². The summed E-state index contributed by atoms with van der Waals surface area (Å²) in [5.74, 6) is -0.148. The van der Waals surface area contributed by atoms with Crippen LogP contribution in [0.4, 0.5) is 4.39 Å². The average molecular weight is 350 g/mol. The average Bonchev–Trinajstić information content (AvgIpc) is 2.44. The third kappa shape index (κ3) is 3.92. The van der Waals surface area contributed by atoms with Gasteiger partial charge in [-0.25, -0.2) is 4.39 Å². The SMILES string of the molecule is CCCNC(c1ccc(C)c(F)c1)c1ccc(Br)cc1C. The van der Waals surface area contributed by atoms with E-state index in [9.17, 15) is 4.39 Å². The van der Waals surface area contributed by atoms with E-state index < -0.39 is 0 Å². The molecule has 3 heteroatoms. The Morgan fingerprint density at radius 2 is 1.86 bits per heavy atom. The quantitative estimate of drug-likeness (QED) is 0.772. The second-order valence-corrected chi connectivity index (χ2v) is 6.31. The fraction of sp³-hybridized carbons (Fsp3) is 0.333. The lowest BCUT2D eigenvalue weighted by molar-refractivity contribution is 0.581. The summed E-state index contributed by atoms with van der Waals surface area (Å²) in [6.45, 7) is 6.91. The van der Waals surface area contributed by atoms with E-state index in [-0.39, 0.29) is 11.9 Å². The number of aryl methyl sites for hydroxylation is 2. The molecule has 0 heterocycles. The van der Waals surface area contributed by atoms with Crippen LogP contribution in [0.3, 0.4) is 0 Å². The van der Waals surface area contributed by atoms with E-state index in [1.807, 2.05) is 18.2 Å². The van der Waals surface area contributed by atoms with Crippen molar-refractivity contribution in [3.8, 4) is 0 Å². The van der Waals surface area contributed by atoms with E-state index in [1.54, 1.807) is 13.0 Å². The summed E-state index contributed by atoms with van der Waals surface area (Å²) < 4.78 is 15.0. The highest BCUT2D eigenvalue weighted by atomic mass is 79.9. The molecular formula is C18H21BrFN. The predicted octanol–water partition coefficient (Wildman–Crippen LogP) is 5.29. The molecule has 1 nitrogen and oxygen atoms in total. The van der Waals surface area contributed by atoms with Crippen molar-refractivity contribution >= 4 is 15.9 Å². The van der Waals surface area contributed by atoms with Crippen LogP contribution in [0.25, 0.3) is 0 Å². The van der Waals surface area contributed by atoms with E-state index in [2.05, 4.69) is 47.2 Å². The molecule has 0 saturated carbocycles. The van der Waals surface area contributed by atoms with Crippen molar-refractivity contribution < 1.29 is 4.39 Å². The van der Waals surface area contributed by atoms with Gasteiger partial charge in [-0.05, 0) is 67.3 Å². The van der Waals surface area contributed by atoms with E-state index in [0.29, 0.717) is 5.56 Å². The van der Waals surface area contributed by atoms with Crippen LogP contribution in [0.2, 0.25) is 0 Å². The molecule has 2 aromatic rings. The van der Waals surface area contributed by atoms with Crippen LogP contribution in [0.5, 0.6) is 0 Å². The second kappa shape index (κ2) is 7.19. The summed E-state index contributed by atoms with van der Waals surface area (Å²) in [6.07, 6.45) is 1.04. The molecular weight excluding hydrogens is 329 g/mol. The van der Waals surface area contributed by atoms with Gasteiger partial charge in [0.1, 0.15) is 5.82 Å². The molecule has 0 amide bonds. The molecule has 2 aromatic carbocycles. The van der Waals surface area contributed by atoms with Crippen molar-refractivity contribution in [1.29, 1.82) is 0 Å². The summed E-state index contributed by atoms with van der Waals surface area (Å²) in [5.41, 5.74) is 4.03. The number of rotatable bonds is 5. The maximum absolute atomic E-state index is 13.9. The van der Waals surface area contributed by atoms with Crippen molar-refractivity contribution in [2.75, 3.05) is 6.54 Å². The second-order valence-electron chi connectivity index (χ2n) is 5.40. The minimum Gasteiger partial charge on any atom is -0.306 e. The lowest BCUT2D eigenvalue weighted by Gasteiger charge is -2.22. The standard InChI is InChI=1S/C18H21BrFN/c1-4-9-21-18(14-6-5-12(2)17(20)11-14)16-8-7-15(19)10-13(16)3/h5-8,10-11,18,21H,4,9H2,1-3H3. The molecule has 0 aliphatic heterocycles. The molecule has 0 radical (unpaired) electrons. The number of halogens is 2. The smallest absolute Gasteiger partial charge is 0.126 e. The lowest BCUT2D eigenvalue weighted by Crippen LogP contribution is -2.24. The minimum absolute atomic E-state index is 0.0214. The van der Waals surface area contributed by atoms with E-state index in [4.69, 9.17) is 0 Å². The summed E-state index contributed by atoms with van der Waals surface area (Å²) in [6, 6.07) is 11.8. The Balaban J connectivity index is 2.44. The molecule has 1 unspecified atom stereocenters. The molecule has 112 valence electrons. The third-order valence-electron chi connectivity index (χ3n) is 3.67. The van der Waals surface area contributed by atoms with Crippen LogP contribution in [-0.4, -0.2) is 6.54 Å². The topological polar surface area (TPSA) is 12.0 Å². The fourth-order valence-corrected chi connectivity index (χ4v) is 2.92. The van der Waals surface area contributed by atoms with Crippen molar-refractivity contribution in [2.45, 2.75) is 33.2 Å². The first-order chi connectivity index (χ1) is 10.0. The van der Waals surface area contributed by atoms with Gasteiger partial charge in [0.15, 0.2) is 0 Å². The zero-order valence-corrected chi connectivity index (χ0v) is 14.3. The maximum Gasteiger partial charge on any atom is 0.126 e. The largest absolute Gasteiger partial charge is 0.306 e. The Bertz CT molecular complexity index is 625. The minimum atomic E-state index is -0.148. The summed E-state index contributed by atoms with van der Waals surface area (Å²) in [7, 11) is 0. The van der Waals surface area contributed by atoms with Crippen molar-refractivity contribution in [2.24, 2.45) is 0 Å². The van der Waals surface area contributed by atoms with Crippen LogP contribution >= 0.6 is 15.9 Å². The molecule has 0 fully saturated rings. The van der Waals surface area contributed by atoms with Crippen molar-refractivity contribution in [1.82, 2.24) is 5.32 Å². The Kier molecular flexibility index (Phi) is 5.54. The van der Waals surface area contributed by atoms with Gasteiger partial charge in [-0.1, -0.05) is 41.1 Å². The Labute approximate surface area is 134 Å². The molecule has 0 aliphatic rings. The normalized spacial score (nSPS) is 12.4. The molecule has 0 aromatic heterocycles. The Morgan fingerprint density at radius 3 is 2.48 bits per heavy atom. The van der Waals surface area contributed by atoms with Crippen molar-refractivity contribution in [3.05, 3.63) is 68.9 Å². The van der Waals surface area contributed by atoms with Crippen LogP contribution < -0.4 is 5.32 Å². The van der Waals surface area contributed by atoms with E-state index in [0.717, 1.165) is 23.0 Å². The van der Waals surface area contributed by atoms with E-state index >= 15 is 0 Å². The van der Waals surface area contributed by atoms with Gasteiger partial charge in [0.2, 0.25) is 0 Å².